The lowest BCUT2D eigenvalue weighted by Crippen LogP contribution is -2.28. The number of ether oxygens (including phenoxy) is 1. The van der Waals surface area contributed by atoms with Gasteiger partial charge in [0.2, 0.25) is 15.9 Å². The van der Waals surface area contributed by atoms with Crippen LogP contribution in [0.1, 0.15) is 17.5 Å². The third-order valence-electron chi connectivity index (χ3n) is 3.71. The standard InChI is InChI=1S/C18H21ClN2O4S/c1-12-4-7-17(13(2)10-12)26(23,24)20-9-8-18(22)21-16-6-5-14(25-3)11-15(16)19/h4-7,10-11,20H,8-9H2,1-3H3,(H,21,22). The molecular weight excluding hydrogens is 376 g/mol. The maximum absolute atomic E-state index is 12.4. The fourth-order valence-corrected chi connectivity index (χ4v) is 3.89. The van der Waals surface area contributed by atoms with Crippen molar-refractivity contribution < 1.29 is 17.9 Å². The van der Waals surface area contributed by atoms with Gasteiger partial charge in [-0.25, -0.2) is 13.1 Å². The van der Waals surface area contributed by atoms with E-state index in [9.17, 15) is 13.2 Å². The molecule has 2 aromatic carbocycles. The molecule has 0 atom stereocenters. The van der Waals surface area contributed by atoms with E-state index in [0.717, 1.165) is 5.56 Å². The number of hydrogen-bond donors (Lipinski definition) is 2. The summed E-state index contributed by atoms with van der Waals surface area (Å²) in [5.41, 5.74) is 2.08. The topological polar surface area (TPSA) is 84.5 Å². The van der Waals surface area contributed by atoms with Gasteiger partial charge in [-0.05, 0) is 37.6 Å². The lowest BCUT2D eigenvalue weighted by molar-refractivity contribution is -0.116. The zero-order chi connectivity index (χ0) is 19.3. The highest BCUT2D eigenvalue weighted by Crippen LogP contribution is 2.26. The lowest BCUT2D eigenvalue weighted by Gasteiger charge is -2.11. The van der Waals surface area contributed by atoms with Gasteiger partial charge in [-0.1, -0.05) is 29.3 Å². The molecule has 140 valence electrons. The Bertz CT molecular complexity index is 913. The molecule has 0 heterocycles. The fourth-order valence-electron chi connectivity index (χ4n) is 2.41. The van der Waals surface area contributed by atoms with E-state index in [-0.39, 0.29) is 23.8 Å². The second-order valence-corrected chi connectivity index (χ2v) is 7.95. The molecule has 0 spiro atoms. The molecule has 1 amide bonds. The van der Waals surface area contributed by atoms with Crippen LogP contribution in [-0.2, 0) is 14.8 Å². The molecule has 0 fully saturated rings. The average molecular weight is 397 g/mol. The van der Waals surface area contributed by atoms with Crippen molar-refractivity contribution in [3.63, 3.8) is 0 Å². The molecule has 0 bridgehead atoms. The Hall–Kier alpha value is -2.09. The zero-order valence-corrected chi connectivity index (χ0v) is 16.4. The van der Waals surface area contributed by atoms with Crippen molar-refractivity contribution in [2.24, 2.45) is 0 Å². The molecule has 0 saturated heterocycles. The Morgan fingerprint density at radius 1 is 1.15 bits per heavy atom. The summed E-state index contributed by atoms with van der Waals surface area (Å²) in [7, 11) is -2.15. The first-order valence-electron chi connectivity index (χ1n) is 7.93. The molecule has 0 aromatic heterocycles. The van der Waals surface area contributed by atoms with Gasteiger partial charge in [0.25, 0.3) is 0 Å². The van der Waals surface area contributed by atoms with Crippen LogP contribution >= 0.6 is 11.6 Å². The summed E-state index contributed by atoms with van der Waals surface area (Å²) >= 11 is 6.06. The Balaban J connectivity index is 1.93. The van der Waals surface area contributed by atoms with E-state index in [1.807, 2.05) is 6.92 Å². The minimum atomic E-state index is -3.67. The quantitative estimate of drug-likeness (QED) is 0.752. The van der Waals surface area contributed by atoms with Crippen LogP contribution < -0.4 is 14.8 Å². The van der Waals surface area contributed by atoms with Gasteiger partial charge in [0.05, 0.1) is 22.7 Å². The van der Waals surface area contributed by atoms with Crippen molar-refractivity contribution in [2.45, 2.75) is 25.2 Å². The number of hydrogen-bond acceptors (Lipinski definition) is 4. The minimum Gasteiger partial charge on any atom is -0.497 e. The van der Waals surface area contributed by atoms with Gasteiger partial charge in [0.1, 0.15) is 5.75 Å². The van der Waals surface area contributed by atoms with Gasteiger partial charge in [-0.2, -0.15) is 0 Å². The summed E-state index contributed by atoms with van der Waals surface area (Å²) in [6.45, 7) is 3.61. The van der Waals surface area contributed by atoms with Crippen LogP contribution in [-0.4, -0.2) is 28.0 Å². The predicted molar refractivity (Wildman–Crippen MR) is 102 cm³/mol. The lowest BCUT2D eigenvalue weighted by atomic mass is 10.2. The first-order valence-corrected chi connectivity index (χ1v) is 9.79. The molecule has 2 N–H and O–H groups in total. The highest BCUT2D eigenvalue weighted by Gasteiger charge is 2.17. The molecule has 26 heavy (non-hydrogen) atoms. The number of aryl methyl sites for hydroxylation is 2. The Kier molecular flexibility index (Phi) is 6.63. The molecule has 0 aliphatic carbocycles. The van der Waals surface area contributed by atoms with Gasteiger partial charge >= 0.3 is 0 Å². The van der Waals surface area contributed by atoms with E-state index < -0.39 is 10.0 Å². The first-order chi connectivity index (χ1) is 12.2. The smallest absolute Gasteiger partial charge is 0.240 e. The first kappa shape index (κ1) is 20.2. The summed E-state index contributed by atoms with van der Waals surface area (Å²) in [5.74, 6) is 0.231. The minimum absolute atomic E-state index is 0.0186. The molecular formula is C18H21ClN2O4S. The zero-order valence-electron chi connectivity index (χ0n) is 14.8. The van der Waals surface area contributed by atoms with Crippen molar-refractivity contribution in [1.29, 1.82) is 0 Å². The molecule has 0 saturated carbocycles. The van der Waals surface area contributed by atoms with E-state index >= 15 is 0 Å². The van der Waals surface area contributed by atoms with Crippen molar-refractivity contribution in [3.8, 4) is 5.75 Å². The van der Waals surface area contributed by atoms with Crippen LogP contribution in [0.5, 0.6) is 5.75 Å². The van der Waals surface area contributed by atoms with Crippen LogP contribution in [0.3, 0.4) is 0 Å². The van der Waals surface area contributed by atoms with E-state index in [1.54, 1.807) is 43.3 Å². The monoisotopic (exact) mass is 396 g/mol. The summed E-state index contributed by atoms with van der Waals surface area (Å²) in [6, 6.07) is 9.97. The molecule has 0 aliphatic rings. The largest absolute Gasteiger partial charge is 0.497 e. The molecule has 0 aliphatic heterocycles. The molecule has 0 unspecified atom stereocenters. The summed E-state index contributed by atoms with van der Waals surface area (Å²) in [4.78, 5) is 12.2. The molecule has 2 rings (SSSR count). The number of rotatable bonds is 7. The highest BCUT2D eigenvalue weighted by molar-refractivity contribution is 7.89. The third-order valence-corrected chi connectivity index (χ3v) is 5.65. The van der Waals surface area contributed by atoms with E-state index in [4.69, 9.17) is 16.3 Å². The molecule has 6 nitrogen and oxygen atoms in total. The summed E-state index contributed by atoms with van der Waals surface area (Å²) in [6.07, 6.45) is -0.0213. The van der Waals surface area contributed by atoms with Crippen molar-refractivity contribution in [3.05, 3.63) is 52.5 Å². The van der Waals surface area contributed by atoms with Crippen molar-refractivity contribution in [1.82, 2.24) is 4.72 Å². The summed E-state index contributed by atoms with van der Waals surface area (Å²) in [5, 5.41) is 2.99. The second kappa shape index (κ2) is 8.53. The number of carbonyl (C=O) groups is 1. The van der Waals surface area contributed by atoms with Gasteiger partial charge in [0, 0.05) is 19.0 Å². The number of amides is 1. The van der Waals surface area contributed by atoms with E-state index in [2.05, 4.69) is 10.0 Å². The number of anilines is 1. The van der Waals surface area contributed by atoms with Crippen LogP contribution in [0.4, 0.5) is 5.69 Å². The Labute approximate surface area is 158 Å². The predicted octanol–water partition coefficient (Wildman–Crippen LogP) is 3.27. The van der Waals surface area contributed by atoms with E-state index in [1.165, 1.54) is 7.11 Å². The van der Waals surface area contributed by atoms with Crippen LogP contribution in [0, 0.1) is 13.8 Å². The summed E-state index contributed by atoms with van der Waals surface area (Å²) < 4.78 is 32.2. The Morgan fingerprint density at radius 2 is 1.88 bits per heavy atom. The number of sulfonamides is 1. The van der Waals surface area contributed by atoms with Crippen LogP contribution in [0.25, 0.3) is 0 Å². The maximum Gasteiger partial charge on any atom is 0.240 e. The molecule has 8 heteroatoms. The number of carbonyl (C=O) groups excluding carboxylic acids is 1. The second-order valence-electron chi connectivity index (χ2n) is 5.81. The highest BCUT2D eigenvalue weighted by atomic mass is 35.5. The Morgan fingerprint density at radius 3 is 2.50 bits per heavy atom. The number of nitrogens with one attached hydrogen (secondary N) is 2. The van der Waals surface area contributed by atoms with Crippen LogP contribution in [0.2, 0.25) is 5.02 Å². The SMILES string of the molecule is COc1ccc(NC(=O)CCNS(=O)(=O)c2ccc(C)cc2C)c(Cl)c1. The number of benzene rings is 2. The molecule has 2 aromatic rings. The molecule has 0 radical (unpaired) electrons. The maximum atomic E-state index is 12.4. The number of halogens is 1. The normalized spacial score (nSPS) is 11.2. The van der Waals surface area contributed by atoms with Gasteiger partial charge in [-0.3, -0.25) is 4.79 Å². The van der Waals surface area contributed by atoms with Gasteiger partial charge in [-0.15, -0.1) is 0 Å². The van der Waals surface area contributed by atoms with Gasteiger partial charge in [0.15, 0.2) is 0 Å². The van der Waals surface area contributed by atoms with Crippen molar-refractivity contribution in [2.75, 3.05) is 19.0 Å². The average Bonchev–Trinajstić information content (AvgIpc) is 2.56. The third kappa shape index (κ3) is 5.20. The van der Waals surface area contributed by atoms with Gasteiger partial charge < -0.3 is 10.1 Å². The fraction of sp³-hybridized carbons (Fsp3) is 0.278. The van der Waals surface area contributed by atoms with Crippen LogP contribution in [0.15, 0.2) is 41.3 Å². The van der Waals surface area contributed by atoms with E-state index in [0.29, 0.717) is 22.0 Å². The number of methoxy groups -OCH3 is 1. The van der Waals surface area contributed by atoms with Crippen molar-refractivity contribution >= 4 is 33.2 Å².